The van der Waals surface area contributed by atoms with Crippen LogP contribution in [0, 0.1) is 5.82 Å². The molecule has 0 unspecified atom stereocenters. The van der Waals surface area contributed by atoms with Gasteiger partial charge in [-0.15, -0.1) is 0 Å². The summed E-state index contributed by atoms with van der Waals surface area (Å²) in [5, 5.41) is 8.25. The highest BCUT2D eigenvalue weighted by atomic mass is 19.1. The molecule has 9 heteroatoms. The summed E-state index contributed by atoms with van der Waals surface area (Å²) >= 11 is 0. The van der Waals surface area contributed by atoms with Gasteiger partial charge in [-0.05, 0) is 62.1 Å². The SMILES string of the molecule is O=C(Nc1c(C(=O)N2CCOCC2)oc2ccccc12)c1nn(-c2ccc(F)cc2)c2c1CCCC2. The van der Waals surface area contributed by atoms with Crippen molar-refractivity contribution in [3.63, 3.8) is 0 Å². The van der Waals surface area contributed by atoms with Crippen LogP contribution in [0.5, 0.6) is 0 Å². The number of hydrogen-bond acceptors (Lipinski definition) is 5. The van der Waals surface area contributed by atoms with Gasteiger partial charge >= 0.3 is 0 Å². The molecule has 0 saturated carbocycles. The van der Waals surface area contributed by atoms with Crippen LogP contribution in [-0.2, 0) is 17.6 Å². The van der Waals surface area contributed by atoms with Crippen LogP contribution in [0.4, 0.5) is 10.1 Å². The van der Waals surface area contributed by atoms with Crippen LogP contribution in [0.3, 0.4) is 0 Å². The summed E-state index contributed by atoms with van der Waals surface area (Å²) in [5.74, 6) is -0.930. The number of fused-ring (bicyclic) bond motifs is 2. The molecule has 1 saturated heterocycles. The van der Waals surface area contributed by atoms with Crippen molar-refractivity contribution in [1.29, 1.82) is 0 Å². The Morgan fingerprint density at radius 3 is 2.53 bits per heavy atom. The fraction of sp³-hybridized carbons (Fsp3) is 0.296. The zero-order valence-electron chi connectivity index (χ0n) is 19.6. The van der Waals surface area contributed by atoms with Crippen LogP contribution >= 0.6 is 0 Å². The molecule has 6 rings (SSSR count). The third-order valence-electron chi connectivity index (χ3n) is 6.79. The molecule has 184 valence electrons. The largest absolute Gasteiger partial charge is 0.449 e. The number of para-hydroxylation sites is 1. The third kappa shape index (κ3) is 3.95. The average molecular weight is 489 g/mol. The summed E-state index contributed by atoms with van der Waals surface area (Å²) < 4.78 is 26.6. The number of furan rings is 1. The van der Waals surface area contributed by atoms with Crippen molar-refractivity contribution in [3.05, 3.63) is 77.1 Å². The normalized spacial score (nSPS) is 15.6. The van der Waals surface area contributed by atoms with Crippen molar-refractivity contribution in [2.45, 2.75) is 25.7 Å². The van der Waals surface area contributed by atoms with E-state index in [1.54, 1.807) is 27.8 Å². The molecule has 1 fully saturated rings. The number of anilines is 1. The van der Waals surface area contributed by atoms with Crippen molar-refractivity contribution < 1.29 is 23.1 Å². The Hall–Kier alpha value is -3.98. The van der Waals surface area contributed by atoms with Gasteiger partial charge in [0.25, 0.3) is 11.8 Å². The minimum atomic E-state index is -0.406. The van der Waals surface area contributed by atoms with E-state index in [0.29, 0.717) is 54.3 Å². The second-order valence-electron chi connectivity index (χ2n) is 9.03. The number of nitrogens with zero attached hydrogens (tertiary/aromatic N) is 3. The second kappa shape index (κ2) is 9.23. The van der Waals surface area contributed by atoms with Gasteiger partial charge in [-0.1, -0.05) is 12.1 Å². The van der Waals surface area contributed by atoms with Crippen molar-refractivity contribution in [2.24, 2.45) is 0 Å². The highest BCUT2D eigenvalue weighted by Gasteiger charge is 2.30. The maximum atomic E-state index is 13.6. The van der Waals surface area contributed by atoms with Crippen molar-refractivity contribution in [1.82, 2.24) is 14.7 Å². The third-order valence-corrected chi connectivity index (χ3v) is 6.79. The molecule has 8 nitrogen and oxygen atoms in total. The summed E-state index contributed by atoms with van der Waals surface area (Å²) in [6.07, 6.45) is 3.46. The van der Waals surface area contributed by atoms with Gasteiger partial charge in [-0.25, -0.2) is 9.07 Å². The van der Waals surface area contributed by atoms with Gasteiger partial charge < -0.3 is 19.4 Å². The molecular formula is C27H25FN4O4. The van der Waals surface area contributed by atoms with Gasteiger partial charge in [0.1, 0.15) is 17.1 Å². The highest BCUT2D eigenvalue weighted by Crippen LogP contribution is 2.33. The molecule has 1 N–H and O–H groups in total. The predicted octanol–water partition coefficient (Wildman–Crippen LogP) is 4.36. The Labute approximate surface area is 206 Å². The van der Waals surface area contributed by atoms with Crippen LogP contribution in [0.15, 0.2) is 52.9 Å². The molecule has 2 aromatic heterocycles. The van der Waals surface area contributed by atoms with Crippen LogP contribution in [0.1, 0.15) is 45.1 Å². The van der Waals surface area contributed by atoms with Crippen LogP contribution in [0.2, 0.25) is 0 Å². The highest BCUT2D eigenvalue weighted by molar-refractivity contribution is 6.14. The van der Waals surface area contributed by atoms with Crippen molar-refractivity contribution in [3.8, 4) is 5.69 Å². The lowest BCUT2D eigenvalue weighted by Gasteiger charge is -2.26. The van der Waals surface area contributed by atoms with E-state index in [4.69, 9.17) is 9.15 Å². The first-order chi connectivity index (χ1) is 17.6. The fourth-order valence-electron chi connectivity index (χ4n) is 4.98. The molecule has 4 aromatic rings. The lowest BCUT2D eigenvalue weighted by molar-refractivity contribution is 0.0285. The first kappa shape index (κ1) is 22.5. The number of amides is 2. The van der Waals surface area contributed by atoms with Gasteiger partial charge in [0.05, 0.1) is 18.9 Å². The number of halogens is 1. The standard InChI is InChI=1S/C27H25FN4O4/c28-17-9-11-18(12-10-17)32-21-7-3-1-5-19(21)24(30-32)26(33)29-23-20-6-2-4-8-22(20)36-25(23)27(34)31-13-15-35-16-14-31/h2,4,6,8-12H,1,3,5,7,13-16H2,(H,29,33). The first-order valence-corrected chi connectivity index (χ1v) is 12.2. The minimum Gasteiger partial charge on any atom is -0.449 e. The maximum Gasteiger partial charge on any atom is 0.291 e. The zero-order valence-corrected chi connectivity index (χ0v) is 19.6. The van der Waals surface area contributed by atoms with Crippen molar-refractivity contribution in [2.75, 3.05) is 31.6 Å². The first-order valence-electron chi connectivity index (χ1n) is 12.2. The van der Waals surface area contributed by atoms with E-state index in [0.717, 1.165) is 36.9 Å². The molecule has 0 spiro atoms. The predicted molar refractivity (Wildman–Crippen MR) is 131 cm³/mol. The molecule has 2 aliphatic rings. The van der Waals surface area contributed by atoms with E-state index in [2.05, 4.69) is 10.4 Å². The maximum absolute atomic E-state index is 13.6. The Balaban J connectivity index is 1.39. The lowest BCUT2D eigenvalue weighted by Crippen LogP contribution is -2.40. The number of morpholine rings is 1. The van der Waals surface area contributed by atoms with E-state index in [-0.39, 0.29) is 17.5 Å². The zero-order chi connectivity index (χ0) is 24.6. The number of rotatable bonds is 4. The van der Waals surface area contributed by atoms with E-state index in [1.165, 1.54) is 12.1 Å². The number of benzene rings is 2. The van der Waals surface area contributed by atoms with Gasteiger partial charge in [0.15, 0.2) is 5.69 Å². The number of carbonyl (C=O) groups excluding carboxylic acids is 2. The number of nitrogens with one attached hydrogen (secondary N) is 1. The number of carbonyl (C=O) groups is 2. The lowest BCUT2D eigenvalue weighted by atomic mass is 9.95. The molecular weight excluding hydrogens is 463 g/mol. The summed E-state index contributed by atoms with van der Waals surface area (Å²) in [4.78, 5) is 28.6. The van der Waals surface area contributed by atoms with Crippen LogP contribution < -0.4 is 5.32 Å². The quantitative estimate of drug-likeness (QED) is 0.461. The number of aromatic nitrogens is 2. The second-order valence-corrected chi connectivity index (χ2v) is 9.03. The molecule has 1 aliphatic carbocycles. The van der Waals surface area contributed by atoms with Gasteiger partial charge in [-0.3, -0.25) is 9.59 Å². The van der Waals surface area contributed by atoms with E-state index >= 15 is 0 Å². The molecule has 1 aliphatic heterocycles. The molecule has 0 bridgehead atoms. The molecule has 2 aromatic carbocycles. The topological polar surface area (TPSA) is 89.6 Å². The van der Waals surface area contributed by atoms with Crippen LogP contribution in [0.25, 0.3) is 16.7 Å². The molecule has 36 heavy (non-hydrogen) atoms. The molecule has 0 atom stereocenters. The Morgan fingerprint density at radius 2 is 1.72 bits per heavy atom. The molecule has 2 amide bonds. The van der Waals surface area contributed by atoms with Crippen LogP contribution in [-0.4, -0.2) is 52.8 Å². The van der Waals surface area contributed by atoms with Gasteiger partial charge in [-0.2, -0.15) is 5.10 Å². The van der Waals surface area contributed by atoms with Gasteiger partial charge in [0, 0.05) is 29.7 Å². The minimum absolute atomic E-state index is 0.0956. The van der Waals surface area contributed by atoms with E-state index in [1.807, 2.05) is 18.2 Å². The summed E-state index contributed by atoms with van der Waals surface area (Å²) in [7, 11) is 0. The summed E-state index contributed by atoms with van der Waals surface area (Å²) in [6.45, 7) is 1.83. The Bertz CT molecular complexity index is 1450. The van der Waals surface area contributed by atoms with Gasteiger partial charge in [0.2, 0.25) is 5.76 Å². The number of ether oxygens (including phenoxy) is 1. The Kier molecular flexibility index (Phi) is 5.77. The van der Waals surface area contributed by atoms with E-state index < -0.39 is 5.91 Å². The number of hydrogen-bond donors (Lipinski definition) is 1. The fourth-order valence-corrected chi connectivity index (χ4v) is 4.98. The van der Waals surface area contributed by atoms with Crippen molar-refractivity contribution >= 4 is 28.5 Å². The Morgan fingerprint density at radius 1 is 0.972 bits per heavy atom. The molecule has 3 heterocycles. The van der Waals surface area contributed by atoms with E-state index in [9.17, 15) is 14.0 Å². The smallest absolute Gasteiger partial charge is 0.291 e. The summed E-state index contributed by atoms with van der Waals surface area (Å²) in [6, 6.07) is 13.3. The molecule has 0 radical (unpaired) electrons. The average Bonchev–Trinajstić information content (AvgIpc) is 3.48. The summed E-state index contributed by atoms with van der Waals surface area (Å²) in [5.41, 5.74) is 3.71. The monoisotopic (exact) mass is 488 g/mol.